The predicted molar refractivity (Wildman–Crippen MR) is 72.9 cm³/mol. The molecule has 0 saturated carbocycles. The first-order valence-corrected chi connectivity index (χ1v) is 7.16. The van der Waals surface area contributed by atoms with Gasteiger partial charge in [-0.3, -0.25) is 0 Å². The van der Waals surface area contributed by atoms with Gasteiger partial charge in [-0.1, -0.05) is 18.2 Å². The van der Waals surface area contributed by atoms with E-state index in [0.717, 1.165) is 16.6 Å². The normalized spacial score (nSPS) is 11.8. The zero-order valence-corrected chi connectivity index (χ0v) is 10.7. The molecule has 0 aliphatic heterocycles. The smallest absolute Gasteiger partial charge is 0.238 e. The third-order valence-electron chi connectivity index (χ3n) is 2.90. The maximum absolute atomic E-state index is 11.6. The minimum Gasteiger partial charge on any atom is -0.346 e. The maximum Gasteiger partial charge on any atom is 0.238 e. The molecule has 0 saturated heterocycles. The summed E-state index contributed by atoms with van der Waals surface area (Å²) in [4.78, 5) is 7.34. The van der Waals surface area contributed by atoms with Crippen LogP contribution in [-0.4, -0.2) is 18.4 Å². The Morgan fingerprint density at radius 3 is 2.74 bits per heavy atom. The van der Waals surface area contributed by atoms with Gasteiger partial charge in [-0.25, -0.2) is 18.5 Å². The number of pyridine rings is 1. The average molecular weight is 273 g/mol. The lowest BCUT2D eigenvalue weighted by molar-refractivity contribution is 0.598. The molecule has 0 spiro atoms. The Morgan fingerprint density at radius 2 is 1.95 bits per heavy atom. The molecule has 0 amide bonds. The molecule has 0 atom stereocenters. The third-order valence-corrected chi connectivity index (χ3v) is 3.87. The molecule has 0 aliphatic rings. The van der Waals surface area contributed by atoms with Crippen molar-refractivity contribution in [3.8, 4) is 11.1 Å². The van der Waals surface area contributed by atoms with Crippen molar-refractivity contribution in [3.05, 3.63) is 48.8 Å². The van der Waals surface area contributed by atoms with Crippen LogP contribution in [0.25, 0.3) is 22.2 Å². The van der Waals surface area contributed by atoms with E-state index in [1.165, 1.54) is 6.07 Å². The number of sulfonamides is 1. The molecule has 0 fully saturated rings. The van der Waals surface area contributed by atoms with Crippen LogP contribution in [0.1, 0.15) is 0 Å². The largest absolute Gasteiger partial charge is 0.346 e. The van der Waals surface area contributed by atoms with Crippen LogP contribution in [0, 0.1) is 0 Å². The highest BCUT2D eigenvalue weighted by Gasteiger charge is 2.14. The Labute approximate surface area is 110 Å². The third kappa shape index (κ3) is 2.11. The molecular formula is C13H11N3O2S. The van der Waals surface area contributed by atoms with E-state index in [1.54, 1.807) is 30.6 Å². The van der Waals surface area contributed by atoms with E-state index in [2.05, 4.69) is 9.97 Å². The number of rotatable bonds is 2. The Hall–Kier alpha value is -2.18. The van der Waals surface area contributed by atoms with Crippen LogP contribution in [0.4, 0.5) is 0 Å². The molecular weight excluding hydrogens is 262 g/mol. The molecule has 2 heterocycles. The highest BCUT2D eigenvalue weighted by atomic mass is 32.2. The fourth-order valence-electron chi connectivity index (χ4n) is 2.04. The van der Waals surface area contributed by atoms with Crippen molar-refractivity contribution in [2.24, 2.45) is 5.14 Å². The SMILES string of the molecule is NS(=O)(=O)c1ccccc1-c1cnc2[nH]ccc2c1. The fourth-order valence-corrected chi connectivity index (χ4v) is 2.80. The van der Waals surface area contributed by atoms with Crippen LogP contribution in [-0.2, 0) is 10.0 Å². The first-order valence-electron chi connectivity index (χ1n) is 5.61. The number of nitrogens with zero attached hydrogens (tertiary/aromatic N) is 1. The van der Waals surface area contributed by atoms with Crippen LogP contribution >= 0.6 is 0 Å². The Kier molecular flexibility index (Phi) is 2.62. The Balaban J connectivity index is 2.27. The topological polar surface area (TPSA) is 88.8 Å². The summed E-state index contributed by atoms with van der Waals surface area (Å²) in [6.45, 7) is 0. The van der Waals surface area contributed by atoms with E-state index in [4.69, 9.17) is 5.14 Å². The van der Waals surface area contributed by atoms with Gasteiger partial charge in [0, 0.05) is 28.9 Å². The van der Waals surface area contributed by atoms with Crippen LogP contribution in [0.2, 0.25) is 0 Å². The lowest BCUT2D eigenvalue weighted by atomic mass is 10.1. The van der Waals surface area contributed by atoms with Crippen LogP contribution in [0.3, 0.4) is 0 Å². The second-order valence-corrected chi connectivity index (χ2v) is 5.71. The molecule has 96 valence electrons. The second kappa shape index (κ2) is 4.18. The molecule has 6 heteroatoms. The van der Waals surface area contributed by atoms with Crippen molar-refractivity contribution in [1.82, 2.24) is 9.97 Å². The van der Waals surface area contributed by atoms with Crippen molar-refractivity contribution >= 4 is 21.1 Å². The van der Waals surface area contributed by atoms with E-state index >= 15 is 0 Å². The van der Waals surface area contributed by atoms with Gasteiger partial charge in [0.1, 0.15) is 5.65 Å². The number of nitrogens with one attached hydrogen (secondary N) is 1. The first kappa shape index (κ1) is 11.9. The average Bonchev–Trinajstić information content (AvgIpc) is 2.85. The minimum absolute atomic E-state index is 0.103. The Bertz CT molecular complexity index is 853. The van der Waals surface area contributed by atoms with Crippen LogP contribution in [0.5, 0.6) is 0 Å². The molecule has 3 N–H and O–H groups in total. The minimum atomic E-state index is -3.76. The Morgan fingerprint density at radius 1 is 1.16 bits per heavy atom. The van der Waals surface area contributed by atoms with Gasteiger partial charge < -0.3 is 4.98 Å². The summed E-state index contributed by atoms with van der Waals surface area (Å²) >= 11 is 0. The number of primary sulfonamides is 1. The molecule has 3 rings (SSSR count). The van der Waals surface area contributed by atoms with Gasteiger partial charge in [-0.15, -0.1) is 0 Å². The fraction of sp³-hybridized carbons (Fsp3) is 0. The van der Waals surface area contributed by atoms with Gasteiger partial charge in [0.15, 0.2) is 0 Å². The highest BCUT2D eigenvalue weighted by molar-refractivity contribution is 7.89. The number of fused-ring (bicyclic) bond motifs is 1. The quantitative estimate of drug-likeness (QED) is 0.747. The molecule has 3 aromatic rings. The number of aromatic nitrogens is 2. The van der Waals surface area contributed by atoms with E-state index in [0.29, 0.717) is 5.56 Å². The number of aromatic amines is 1. The van der Waals surface area contributed by atoms with Gasteiger partial charge in [0.05, 0.1) is 4.90 Å². The van der Waals surface area contributed by atoms with Crippen molar-refractivity contribution in [2.45, 2.75) is 4.90 Å². The summed E-state index contributed by atoms with van der Waals surface area (Å²) in [5.41, 5.74) is 2.04. The zero-order valence-electron chi connectivity index (χ0n) is 9.87. The van der Waals surface area contributed by atoms with Gasteiger partial charge in [-0.05, 0) is 18.2 Å². The lowest BCUT2D eigenvalue weighted by Crippen LogP contribution is -2.13. The van der Waals surface area contributed by atoms with Crippen LogP contribution in [0.15, 0.2) is 53.7 Å². The monoisotopic (exact) mass is 273 g/mol. The highest BCUT2D eigenvalue weighted by Crippen LogP contribution is 2.27. The second-order valence-electron chi connectivity index (χ2n) is 4.18. The van der Waals surface area contributed by atoms with E-state index in [1.807, 2.05) is 12.1 Å². The molecule has 5 nitrogen and oxygen atoms in total. The molecule has 1 aromatic carbocycles. The van der Waals surface area contributed by atoms with Gasteiger partial charge in [-0.2, -0.15) is 0 Å². The van der Waals surface area contributed by atoms with Gasteiger partial charge in [0.2, 0.25) is 10.0 Å². The number of hydrogen-bond donors (Lipinski definition) is 2. The summed E-state index contributed by atoms with van der Waals surface area (Å²) in [6, 6.07) is 10.4. The summed E-state index contributed by atoms with van der Waals surface area (Å²) in [7, 11) is -3.76. The molecule has 2 aromatic heterocycles. The summed E-state index contributed by atoms with van der Waals surface area (Å²) in [5, 5.41) is 6.15. The number of nitrogens with two attached hydrogens (primary N) is 1. The van der Waals surface area contributed by atoms with Crippen molar-refractivity contribution in [3.63, 3.8) is 0 Å². The number of benzene rings is 1. The number of H-pyrrole nitrogens is 1. The van der Waals surface area contributed by atoms with E-state index in [-0.39, 0.29) is 4.90 Å². The molecule has 0 bridgehead atoms. The zero-order chi connectivity index (χ0) is 13.5. The predicted octanol–water partition coefficient (Wildman–Crippen LogP) is 1.88. The molecule has 0 unspecified atom stereocenters. The summed E-state index contributed by atoms with van der Waals surface area (Å²) in [5.74, 6) is 0. The summed E-state index contributed by atoms with van der Waals surface area (Å²) < 4.78 is 23.2. The first-order chi connectivity index (χ1) is 9.05. The number of hydrogen-bond acceptors (Lipinski definition) is 3. The molecule has 19 heavy (non-hydrogen) atoms. The molecule has 0 radical (unpaired) electrons. The maximum atomic E-state index is 11.6. The van der Waals surface area contributed by atoms with E-state index < -0.39 is 10.0 Å². The van der Waals surface area contributed by atoms with E-state index in [9.17, 15) is 8.42 Å². The molecule has 0 aliphatic carbocycles. The standard InChI is InChI=1S/C13H11N3O2S/c14-19(17,18)12-4-2-1-3-11(12)10-7-9-5-6-15-13(9)16-8-10/h1-8H,(H,15,16)(H2,14,17,18). The van der Waals surface area contributed by atoms with Crippen molar-refractivity contribution in [2.75, 3.05) is 0 Å². The van der Waals surface area contributed by atoms with Crippen molar-refractivity contribution < 1.29 is 8.42 Å². The van der Waals surface area contributed by atoms with Gasteiger partial charge in [0.25, 0.3) is 0 Å². The summed E-state index contributed by atoms with van der Waals surface area (Å²) in [6.07, 6.45) is 3.41. The van der Waals surface area contributed by atoms with Crippen LogP contribution < -0.4 is 5.14 Å². The van der Waals surface area contributed by atoms with Crippen molar-refractivity contribution in [1.29, 1.82) is 0 Å². The lowest BCUT2D eigenvalue weighted by Gasteiger charge is -2.07. The van der Waals surface area contributed by atoms with Gasteiger partial charge >= 0.3 is 0 Å².